The molecule has 130 valence electrons. The molecular formula is C18H19N3O4. The summed E-state index contributed by atoms with van der Waals surface area (Å²) in [6, 6.07) is 11.0. The molecule has 25 heavy (non-hydrogen) atoms. The molecule has 2 aromatic carbocycles. The van der Waals surface area contributed by atoms with E-state index in [0.717, 1.165) is 5.56 Å². The molecule has 0 aliphatic carbocycles. The van der Waals surface area contributed by atoms with Crippen molar-refractivity contribution in [1.29, 1.82) is 0 Å². The minimum atomic E-state index is -0.495. The van der Waals surface area contributed by atoms with E-state index in [1.807, 2.05) is 13.0 Å². The Balaban J connectivity index is 2.15. The lowest BCUT2D eigenvalue weighted by molar-refractivity contribution is -0.384. The summed E-state index contributed by atoms with van der Waals surface area (Å²) in [5.41, 5.74) is 2.35. The summed E-state index contributed by atoms with van der Waals surface area (Å²) in [6.45, 7) is 4.91. The quantitative estimate of drug-likeness (QED) is 0.643. The Morgan fingerprint density at radius 3 is 2.48 bits per heavy atom. The van der Waals surface area contributed by atoms with Crippen LogP contribution in [0.3, 0.4) is 0 Å². The van der Waals surface area contributed by atoms with Crippen molar-refractivity contribution < 1.29 is 14.5 Å². The Hall–Kier alpha value is -3.22. The van der Waals surface area contributed by atoms with Crippen LogP contribution in [0, 0.1) is 17.0 Å². The minimum absolute atomic E-state index is 0.0508. The SMILES string of the molecule is CC(=O)Nc1cccc([C@@H](C)NC(=O)c2ccc([N+](=O)[O-])cc2C)c1. The van der Waals surface area contributed by atoms with E-state index >= 15 is 0 Å². The highest BCUT2D eigenvalue weighted by Crippen LogP contribution is 2.20. The van der Waals surface area contributed by atoms with Crippen molar-refractivity contribution in [3.8, 4) is 0 Å². The van der Waals surface area contributed by atoms with Crippen LogP contribution in [0.15, 0.2) is 42.5 Å². The second-order valence-electron chi connectivity index (χ2n) is 5.76. The van der Waals surface area contributed by atoms with Crippen molar-refractivity contribution in [2.45, 2.75) is 26.8 Å². The number of carbonyl (C=O) groups is 2. The number of hydrogen-bond acceptors (Lipinski definition) is 4. The van der Waals surface area contributed by atoms with Gasteiger partial charge in [-0.25, -0.2) is 0 Å². The lowest BCUT2D eigenvalue weighted by Gasteiger charge is -2.16. The molecule has 0 bridgehead atoms. The normalized spacial score (nSPS) is 11.5. The third kappa shape index (κ3) is 4.63. The van der Waals surface area contributed by atoms with Crippen LogP contribution in [-0.4, -0.2) is 16.7 Å². The highest BCUT2D eigenvalue weighted by atomic mass is 16.6. The summed E-state index contributed by atoms with van der Waals surface area (Å²) < 4.78 is 0. The maximum absolute atomic E-state index is 12.4. The van der Waals surface area contributed by atoms with Gasteiger partial charge in [0.15, 0.2) is 0 Å². The fraction of sp³-hybridized carbons (Fsp3) is 0.222. The average Bonchev–Trinajstić information content (AvgIpc) is 2.54. The Bertz CT molecular complexity index is 833. The lowest BCUT2D eigenvalue weighted by atomic mass is 10.0. The molecule has 2 N–H and O–H groups in total. The van der Waals surface area contributed by atoms with E-state index in [9.17, 15) is 19.7 Å². The van der Waals surface area contributed by atoms with Gasteiger partial charge in [-0.3, -0.25) is 19.7 Å². The Labute approximate surface area is 145 Å². The average molecular weight is 341 g/mol. The van der Waals surface area contributed by atoms with Crippen molar-refractivity contribution in [3.63, 3.8) is 0 Å². The van der Waals surface area contributed by atoms with Gasteiger partial charge >= 0.3 is 0 Å². The molecular weight excluding hydrogens is 322 g/mol. The van der Waals surface area contributed by atoms with Gasteiger partial charge in [0.05, 0.1) is 11.0 Å². The number of nitro groups is 1. The number of nitro benzene ring substituents is 1. The number of anilines is 1. The van der Waals surface area contributed by atoms with Crippen molar-refractivity contribution in [3.05, 3.63) is 69.3 Å². The maximum atomic E-state index is 12.4. The number of rotatable bonds is 5. The first kappa shape index (κ1) is 18.1. The largest absolute Gasteiger partial charge is 0.346 e. The van der Waals surface area contributed by atoms with Gasteiger partial charge in [-0.2, -0.15) is 0 Å². The first-order valence-electron chi connectivity index (χ1n) is 7.71. The van der Waals surface area contributed by atoms with Crippen LogP contribution >= 0.6 is 0 Å². The molecule has 0 aromatic heterocycles. The van der Waals surface area contributed by atoms with Crippen LogP contribution in [0.4, 0.5) is 11.4 Å². The molecule has 2 rings (SSSR count). The summed E-state index contributed by atoms with van der Waals surface area (Å²) >= 11 is 0. The van der Waals surface area contributed by atoms with Gasteiger partial charge in [0.2, 0.25) is 5.91 Å². The van der Waals surface area contributed by atoms with E-state index in [4.69, 9.17) is 0 Å². The van der Waals surface area contributed by atoms with E-state index in [2.05, 4.69) is 10.6 Å². The van der Waals surface area contributed by atoms with Crippen molar-refractivity contribution in [1.82, 2.24) is 5.32 Å². The summed E-state index contributed by atoms with van der Waals surface area (Å²) in [5, 5.41) is 16.3. The molecule has 0 radical (unpaired) electrons. The number of nitrogens with zero attached hydrogens (tertiary/aromatic N) is 1. The van der Waals surface area contributed by atoms with E-state index in [1.54, 1.807) is 25.1 Å². The van der Waals surface area contributed by atoms with Gasteiger partial charge in [-0.05, 0) is 43.2 Å². The summed E-state index contributed by atoms with van der Waals surface area (Å²) in [6.07, 6.45) is 0. The molecule has 0 heterocycles. The molecule has 7 nitrogen and oxygen atoms in total. The number of nitrogens with one attached hydrogen (secondary N) is 2. The summed E-state index contributed by atoms with van der Waals surface area (Å²) in [4.78, 5) is 33.9. The Morgan fingerprint density at radius 2 is 1.88 bits per heavy atom. The number of aryl methyl sites for hydroxylation is 1. The molecule has 0 aliphatic rings. The number of non-ortho nitro benzene ring substituents is 1. The highest BCUT2D eigenvalue weighted by Gasteiger charge is 2.16. The first-order chi connectivity index (χ1) is 11.8. The predicted molar refractivity (Wildman–Crippen MR) is 94.5 cm³/mol. The van der Waals surface area contributed by atoms with Crippen LogP contribution < -0.4 is 10.6 Å². The summed E-state index contributed by atoms with van der Waals surface area (Å²) in [5.74, 6) is -0.486. The second-order valence-corrected chi connectivity index (χ2v) is 5.76. The summed E-state index contributed by atoms with van der Waals surface area (Å²) in [7, 11) is 0. The van der Waals surface area contributed by atoms with Crippen LogP contribution in [0.2, 0.25) is 0 Å². The van der Waals surface area contributed by atoms with Crippen LogP contribution in [-0.2, 0) is 4.79 Å². The molecule has 0 aliphatic heterocycles. The molecule has 0 unspecified atom stereocenters. The van der Waals surface area contributed by atoms with Crippen LogP contribution in [0.5, 0.6) is 0 Å². The Morgan fingerprint density at radius 1 is 1.16 bits per heavy atom. The standard InChI is InChI=1S/C18H19N3O4/c1-11-9-16(21(24)25)7-8-17(11)18(23)19-12(2)14-5-4-6-15(10-14)20-13(3)22/h4-10,12H,1-3H3,(H,19,23)(H,20,22)/t12-/m1/s1. The zero-order chi connectivity index (χ0) is 18.6. The molecule has 0 fully saturated rings. The van der Waals surface area contributed by atoms with Gasteiger partial charge in [0, 0.05) is 30.3 Å². The third-order valence-corrected chi connectivity index (χ3v) is 3.72. The number of benzene rings is 2. The smallest absolute Gasteiger partial charge is 0.269 e. The van der Waals surface area contributed by atoms with Crippen LogP contribution in [0.1, 0.15) is 41.4 Å². The minimum Gasteiger partial charge on any atom is -0.346 e. The van der Waals surface area contributed by atoms with Crippen LogP contribution in [0.25, 0.3) is 0 Å². The predicted octanol–water partition coefficient (Wildman–Crippen LogP) is 3.35. The van der Waals surface area contributed by atoms with E-state index in [0.29, 0.717) is 16.8 Å². The van der Waals surface area contributed by atoms with Crippen molar-refractivity contribution >= 4 is 23.2 Å². The van der Waals surface area contributed by atoms with Crippen molar-refractivity contribution in [2.75, 3.05) is 5.32 Å². The van der Waals surface area contributed by atoms with Crippen molar-refractivity contribution in [2.24, 2.45) is 0 Å². The second kappa shape index (κ2) is 7.57. The maximum Gasteiger partial charge on any atom is 0.269 e. The Kier molecular flexibility index (Phi) is 5.49. The van der Waals surface area contributed by atoms with E-state index < -0.39 is 4.92 Å². The topological polar surface area (TPSA) is 101 Å². The van der Waals surface area contributed by atoms with Gasteiger partial charge in [-0.1, -0.05) is 12.1 Å². The zero-order valence-corrected chi connectivity index (χ0v) is 14.2. The van der Waals surface area contributed by atoms with Gasteiger partial charge in [-0.15, -0.1) is 0 Å². The molecule has 1 atom stereocenters. The van der Waals surface area contributed by atoms with Gasteiger partial charge < -0.3 is 10.6 Å². The molecule has 2 amide bonds. The highest BCUT2D eigenvalue weighted by molar-refractivity contribution is 5.96. The number of amides is 2. The number of carbonyl (C=O) groups excluding carboxylic acids is 2. The van der Waals surface area contributed by atoms with E-state index in [-0.39, 0.29) is 23.5 Å². The molecule has 0 saturated heterocycles. The monoisotopic (exact) mass is 341 g/mol. The fourth-order valence-corrected chi connectivity index (χ4v) is 2.46. The van der Waals surface area contributed by atoms with Gasteiger partial charge in [0.1, 0.15) is 0 Å². The lowest BCUT2D eigenvalue weighted by Crippen LogP contribution is -2.27. The first-order valence-corrected chi connectivity index (χ1v) is 7.71. The molecule has 0 saturated carbocycles. The number of hydrogen-bond donors (Lipinski definition) is 2. The van der Waals surface area contributed by atoms with Gasteiger partial charge in [0.25, 0.3) is 11.6 Å². The molecule has 7 heteroatoms. The molecule has 0 spiro atoms. The fourth-order valence-electron chi connectivity index (χ4n) is 2.46. The zero-order valence-electron chi connectivity index (χ0n) is 14.2. The molecule has 2 aromatic rings. The van der Waals surface area contributed by atoms with E-state index in [1.165, 1.54) is 25.1 Å². The third-order valence-electron chi connectivity index (χ3n) is 3.72.